The SMILES string of the molecule is CN1CCCN(C)C2(CCN(C(=O)[C@H](c3cccc(F)c3)N(C)C)CC2)C1. The highest BCUT2D eigenvalue weighted by molar-refractivity contribution is 5.83. The van der Waals surface area contributed by atoms with Crippen molar-refractivity contribution in [3.05, 3.63) is 35.6 Å². The summed E-state index contributed by atoms with van der Waals surface area (Å²) in [6.07, 6.45) is 3.17. The maximum absolute atomic E-state index is 13.7. The van der Waals surface area contributed by atoms with E-state index in [0.717, 1.165) is 51.1 Å². The van der Waals surface area contributed by atoms with Gasteiger partial charge in [0, 0.05) is 25.2 Å². The highest BCUT2D eigenvalue weighted by Gasteiger charge is 2.42. The summed E-state index contributed by atoms with van der Waals surface area (Å²) in [5.74, 6) is -0.224. The van der Waals surface area contributed by atoms with Crippen molar-refractivity contribution in [1.29, 1.82) is 0 Å². The Hall–Kier alpha value is -1.50. The molecule has 1 amide bonds. The van der Waals surface area contributed by atoms with Crippen molar-refractivity contribution < 1.29 is 9.18 Å². The second kappa shape index (κ2) is 8.25. The molecule has 1 aromatic rings. The third-order valence-electron chi connectivity index (χ3n) is 6.33. The summed E-state index contributed by atoms with van der Waals surface area (Å²) in [7, 11) is 8.19. The smallest absolute Gasteiger partial charge is 0.244 e. The van der Waals surface area contributed by atoms with Crippen LogP contribution in [0.15, 0.2) is 24.3 Å². The van der Waals surface area contributed by atoms with Crippen LogP contribution in [0.1, 0.15) is 30.9 Å². The van der Waals surface area contributed by atoms with Gasteiger partial charge < -0.3 is 9.80 Å². The standard InChI is InChI=1S/C21H33FN4O/c1-23(2)19(17-7-5-8-18(22)15-17)20(27)26-13-9-21(10-14-26)16-24(3)11-6-12-25(21)4/h5,7-8,15,19H,6,9-14,16H2,1-4H3/t19-/m0/s1. The summed E-state index contributed by atoms with van der Waals surface area (Å²) < 4.78 is 13.7. The molecule has 2 fully saturated rings. The molecular weight excluding hydrogens is 343 g/mol. The molecule has 0 saturated carbocycles. The number of benzene rings is 1. The van der Waals surface area contributed by atoms with Crippen molar-refractivity contribution in [2.45, 2.75) is 30.8 Å². The number of piperidine rings is 1. The summed E-state index contributed by atoms with van der Waals surface area (Å²) >= 11 is 0. The minimum absolute atomic E-state index is 0.0741. The molecule has 6 heteroatoms. The highest BCUT2D eigenvalue weighted by Crippen LogP contribution is 2.32. The Morgan fingerprint density at radius 1 is 1.15 bits per heavy atom. The Morgan fingerprint density at radius 2 is 1.85 bits per heavy atom. The van der Waals surface area contributed by atoms with E-state index < -0.39 is 6.04 Å². The predicted molar refractivity (Wildman–Crippen MR) is 106 cm³/mol. The number of carbonyl (C=O) groups is 1. The molecular formula is C21H33FN4O. The Bertz CT molecular complexity index is 657. The second-order valence-corrected chi connectivity index (χ2v) is 8.48. The number of rotatable bonds is 3. The highest BCUT2D eigenvalue weighted by atomic mass is 19.1. The van der Waals surface area contributed by atoms with Gasteiger partial charge in [0.25, 0.3) is 0 Å². The number of halogens is 1. The lowest BCUT2D eigenvalue weighted by Crippen LogP contribution is -2.59. The first-order chi connectivity index (χ1) is 12.8. The number of hydrogen-bond donors (Lipinski definition) is 0. The first-order valence-corrected chi connectivity index (χ1v) is 9.93. The van der Waals surface area contributed by atoms with Gasteiger partial charge in [0.2, 0.25) is 5.91 Å². The second-order valence-electron chi connectivity index (χ2n) is 8.48. The normalized spacial score (nSPS) is 22.8. The Balaban J connectivity index is 1.73. The van der Waals surface area contributed by atoms with E-state index in [0.29, 0.717) is 0 Å². The summed E-state index contributed by atoms with van der Waals surface area (Å²) in [5.41, 5.74) is 0.880. The van der Waals surface area contributed by atoms with Gasteiger partial charge in [0.05, 0.1) is 0 Å². The molecule has 5 nitrogen and oxygen atoms in total. The lowest BCUT2D eigenvalue weighted by Gasteiger charge is -2.48. The van der Waals surface area contributed by atoms with E-state index in [9.17, 15) is 9.18 Å². The fourth-order valence-electron chi connectivity index (χ4n) is 4.71. The van der Waals surface area contributed by atoms with E-state index in [2.05, 4.69) is 23.9 Å². The third-order valence-corrected chi connectivity index (χ3v) is 6.33. The van der Waals surface area contributed by atoms with Crippen LogP contribution < -0.4 is 0 Å². The maximum Gasteiger partial charge on any atom is 0.244 e. The number of carbonyl (C=O) groups excluding carboxylic acids is 1. The molecule has 2 aliphatic rings. The summed E-state index contributed by atoms with van der Waals surface area (Å²) in [4.78, 5) is 22.1. The Morgan fingerprint density at radius 3 is 2.48 bits per heavy atom. The van der Waals surface area contributed by atoms with Crippen LogP contribution in [0.25, 0.3) is 0 Å². The summed E-state index contributed by atoms with van der Waals surface area (Å²) in [6, 6.07) is 5.97. The van der Waals surface area contributed by atoms with Crippen molar-refractivity contribution in [3.63, 3.8) is 0 Å². The van der Waals surface area contributed by atoms with Gasteiger partial charge in [-0.2, -0.15) is 0 Å². The van der Waals surface area contributed by atoms with Crippen molar-refractivity contribution >= 4 is 5.91 Å². The summed E-state index contributed by atoms with van der Waals surface area (Å²) in [5, 5.41) is 0. The van der Waals surface area contributed by atoms with E-state index in [1.165, 1.54) is 18.6 Å². The lowest BCUT2D eigenvalue weighted by molar-refractivity contribution is -0.139. The molecule has 0 radical (unpaired) electrons. The molecule has 27 heavy (non-hydrogen) atoms. The van der Waals surface area contributed by atoms with Gasteiger partial charge >= 0.3 is 0 Å². The van der Waals surface area contributed by atoms with E-state index in [1.54, 1.807) is 6.07 Å². The molecule has 0 aromatic heterocycles. The Kier molecular flexibility index (Phi) is 6.18. The average Bonchev–Trinajstić information content (AvgIpc) is 2.74. The zero-order chi connectivity index (χ0) is 19.6. The van der Waals surface area contributed by atoms with Crippen molar-refractivity contribution in [3.8, 4) is 0 Å². The van der Waals surface area contributed by atoms with Crippen molar-refractivity contribution in [2.24, 2.45) is 0 Å². The zero-order valence-electron chi connectivity index (χ0n) is 17.1. The number of likely N-dealkylation sites (tertiary alicyclic amines) is 1. The van der Waals surface area contributed by atoms with Gasteiger partial charge in [-0.25, -0.2) is 4.39 Å². The van der Waals surface area contributed by atoms with Gasteiger partial charge in [0.15, 0.2) is 0 Å². The van der Waals surface area contributed by atoms with Crippen LogP contribution in [0, 0.1) is 5.82 Å². The number of hydrogen-bond acceptors (Lipinski definition) is 4. The maximum atomic E-state index is 13.7. The minimum atomic E-state index is -0.440. The first-order valence-electron chi connectivity index (χ1n) is 9.93. The molecule has 1 aromatic carbocycles. The van der Waals surface area contributed by atoms with Crippen molar-refractivity contribution in [1.82, 2.24) is 19.6 Å². The van der Waals surface area contributed by atoms with Crippen LogP contribution in [0.5, 0.6) is 0 Å². The van der Waals surface area contributed by atoms with Crippen LogP contribution >= 0.6 is 0 Å². The molecule has 150 valence electrons. The fourth-order valence-corrected chi connectivity index (χ4v) is 4.71. The number of likely N-dealkylation sites (N-methyl/N-ethyl adjacent to an activating group) is 3. The molecule has 0 N–H and O–H groups in total. The van der Waals surface area contributed by atoms with Crippen LogP contribution in [-0.2, 0) is 4.79 Å². The van der Waals surface area contributed by atoms with Gasteiger partial charge in [-0.1, -0.05) is 12.1 Å². The first kappa shape index (κ1) is 20.2. The third kappa shape index (κ3) is 4.33. The molecule has 1 spiro atoms. The monoisotopic (exact) mass is 376 g/mol. The minimum Gasteiger partial charge on any atom is -0.341 e. The fraction of sp³-hybridized carbons (Fsp3) is 0.667. The molecule has 0 bridgehead atoms. The molecule has 2 aliphatic heterocycles. The topological polar surface area (TPSA) is 30.0 Å². The average molecular weight is 377 g/mol. The van der Waals surface area contributed by atoms with Gasteiger partial charge in [-0.3, -0.25) is 14.6 Å². The van der Waals surface area contributed by atoms with E-state index in [4.69, 9.17) is 0 Å². The van der Waals surface area contributed by atoms with Crippen molar-refractivity contribution in [2.75, 3.05) is 60.9 Å². The van der Waals surface area contributed by atoms with E-state index in [1.807, 2.05) is 30.0 Å². The quantitative estimate of drug-likeness (QED) is 0.808. The number of amides is 1. The van der Waals surface area contributed by atoms with Gasteiger partial charge in [0.1, 0.15) is 11.9 Å². The lowest BCUT2D eigenvalue weighted by atomic mass is 9.85. The van der Waals surface area contributed by atoms with Gasteiger partial charge in [-0.15, -0.1) is 0 Å². The Labute approximate surface area is 162 Å². The van der Waals surface area contributed by atoms with Crippen LogP contribution in [0.4, 0.5) is 4.39 Å². The predicted octanol–water partition coefficient (Wildman–Crippen LogP) is 2.06. The van der Waals surface area contributed by atoms with Crippen LogP contribution in [-0.4, -0.2) is 92.0 Å². The van der Waals surface area contributed by atoms with E-state index >= 15 is 0 Å². The molecule has 0 aliphatic carbocycles. The van der Waals surface area contributed by atoms with Gasteiger partial charge in [-0.05, 0) is 78.2 Å². The number of nitrogens with zero attached hydrogens (tertiary/aromatic N) is 4. The molecule has 2 saturated heterocycles. The largest absolute Gasteiger partial charge is 0.341 e. The molecule has 3 rings (SSSR count). The molecule has 0 unspecified atom stereocenters. The van der Waals surface area contributed by atoms with Crippen LogP contribution in [0.3, 0.4) is 0 Å². The van der Waals surface area contributed by atoms with Crippen LogP contribution in [0.2, 0.25) is 0 Å². The molecule has 2 heterocycles. The van der Waals surface area contributed by atoms with E-state index in [-0.39, 0.29) is 17.3 Å². The summed E-state index contributed by atoms with van der Waals surface area (Å²) in [6.45, 7) is 4.83. The molecule has 1 atom stereocenters. The zero-order valence-corrected chi connectivity index (χ0v) is 17.1.